The zero-order chi connectivity index (χ0) is 88.4. The molecule has 26 nitrogen and oxygen atoms in total. The van der Waals surface area contributed by atoms with E-state index in [1.165, 1.54) is 61.7 Å². The van der Waals surface area contributed by atoms with E-state index in [2.05, 4.69) is 33.2 Å². The fourth-order valence-electron chi connectivity index (χ4n) is 14.7. The predicted octanol–water partition coefficient (Wildman–Crippen LogP) is 17.5. The van der Waals surface area contributed by atoms with Crippen molar-refractivity contribution in [1.82, 2.24) is 0 Å². The summed E-state index contributed by atoms with van der Waals surface area (Å²) in [5.41, 5.74) is 5.85. The van der Waals surface area contributed by atoms with Crippen LogP contribution in [0, 0.1) is 17.8 Å². The Balaban J connectivity index is 0.000000210. The van der Waals surface area contributed by atoms with Crippen LogP contribution in [0.2, 0.25) is 0 Å². The van der Waals surface area contributed by atoms with E-state index in [0.717, 1.165) is 116 Å². The van der Waals surface area contributed by atoms with Gasteiger partial charge in [0.1, 0.15) is 93.9 Å². The number of hydrogen-bond acceptors (Lipinski definition) is 26. The molecule has 8 aliphatic heterocycles. The van der Waals surface area contributed by atoms with Crippen LogP contribution < -0.4 is 23.7 Å². The molecule has 11 rings (SSSR count). The molecule has 1 unspecified atom stereocenters. The van der Waals surface area contributed by atoms with Gasteiger partial charge in [0.2, 0.25) is 0 Å². The van der Waals surface area contributed by atoms with E-state index < -0.39 is 90.2 Å². The smallest absolute Gasteiger partial charge is 0.342 e. The van der Waals surface area contributed by atoms with Gasteiger partial charge in [-0.1, -0.05) is 138 Å². The van der Waals surface area contributed by atoms with Gasteiger partial charge in [-0.15, -0.1) is 0 Å². The number of unbranched alkanes of at least 4 members (excludes halogenated alkanes) is 9. The fraction of sp³-hybridized carbons (Fsp3) is 0.546. The van der Waals surface area contributed by atoms with E-state index in [1.807, 2.05) is 95.7 Å². The molecular weight excluding hydrogens is 1580 g/mol. The summed E-state index contributed by atoms with van der Waals surface area (Å²) in [5.74, 6) is -3.06. The van der Waals surface area contributed by atoms with Crippen molar-refractivity contribution in [2.45, 2.75) is 277 Å². The van der Waals surface area contributed by atoms with Gasteiger partial charge < -0.3 is 86.7 Å². The minimum atomic E-state index is -1.57. The zero-order valence-electron chi connectivity index (χ0n) is 73.6. The summed E-state index contributed by atoms with van der Waals surface area (Å²) in [6.45, 7) is 19.6. The van der Waals surface area contributed by atoms with Gasteiger partial charge in [0.25, 0.3) is 0 Å². The molecule has 0 spiro atoms. The molecule has 0 radical (unpaired) electrons. The van der Waals surface area contributed by atoms with E-state index in [0.29, 0.717) is 83.7 Å². The number of methoxy groups -OCH3 is 2. The summed E-state index contributed by atoms with van der Waals surface area (Å²) in [7, 11) is 3.05. The minimum absolute atomic E-state index is 0.0147. The molecule has 13 atom stereocenters. The van der Waals surface area contributed by atoms with Crippen LogP contribution in [-0.2, 0) is 52.2 Å². The third-order valence-electron chi connectivity index (χ3n) is 22.2. The van der Waals surface area contributed by atoms with Gasteiger partial charge in [-0.05, 0) is 173 Å². The maximum atomic E-state index is 13.6. The Morgan fingerprint density at radius 1 is 0.415 bits per heavy atom. The van der Waals surface area contributed by atoms with E-state index in [1.54, 1.807) is 71.0 Å². The summed E-state index contributed by atoms with van der Waals surface area (Å²) in [4.78, 5) is 78.3. The van der Waals surface area contributed by atoms with Crippen LogP contribution in [0.1, 0.15) is 252 Å². The number of aliphatic hydroxyl groups is 3. The number of fused-ring (bicyclic) bond motifs is 5. The van der Waals surface area contributed by atoms with Crippen LogP contribution in [0.15, 0.2) is 143 Å². The maximum absolute atomic E-state index is 13.6. The lowest BCUT2D eigenvalue weighted by atomic mass is 9.99. The van der Waals surface area contributed by atoms with Gasteiger partial charge in [0, 0.05) is 105 Å². The number of ether oxygens (including phenoxy) is 14. The first-order valence-electron chi connectivity index (χ1n) is 43.6. The van der Waals surface area contributed by atoms with Crippen LogP contribution >= 0.6 is 0 Å². The average Bonchev–Trinajstić information content (AvgIpc) is 1.38. The van der Waals surface area contributed by atoms with Crippen molar-refractivity contribution in [3.63, 3.8) is 0 Å². The number of aliphatic imine (C=N–C) groups is 3. The summed E-state index contributed by atoms with van der Waals surface area (Å²) < 4.78 is 81.6. The van der Waals surface area contributed by atoms with Crippen molar-refractivity contribution in [2.24, 2.45) is 32.7 Å². The third kappa shape index (κ3) is 31.0. The number of carbonyl (C=O) groups excluding carboxylic acids is 5. The number of aliphatic hydroxyl groups excluding tert-OH is 3. The number of esters is 3. The standard InChI is InChI=1S/C34H47NO8.C34H45NO8.C29H37NO7/c2*1-23-16-17-28(36)32-29(42-34(3,4)43-32)15-10-12-25-20-27(39-19-9-7-6-8-13-26-14-11-18-35-26)21-30(40-22-38-5)31(25)33(37)41-24(23)2;1-19-13-14-25(32)28(34)24(31)12-7-9-21-17-23(18-26(33)27(21)29(35)37-20(19)2)36-16-6-4-3-5-10-22-11-8-15-30-22/h10-12,16-18,20-21,23-24,28-29,32,36H,6-9,13-15,19,22H2,1-5H3;10-12,16-18,20-21,23-24,29,32H,6-9,13-15,19,22H2,1-5H3;7-9,13-15,17-20,24,28,31,33-34H,3-6,10-12,16H2,1-2H3/b2*12-10+,17-16-;9-7+,14-13-/t23-,24+,28?,29+,32-;23-,24+,29+,32-;19-,20+,24+,28+/m111/s1. The molecule has 8 aliphatic rings. The van der Waals surface area contributed by atoms with Gasteiger partial charge in [-0.3, -0.25) is 24.6 Å². The minimum Gasteiger partial charge on any atom is -0.507 e. The number of benzene rings is 3. The van der Waals surface area contributed by atoms with Gasteiger partial charge in [-0.25, -0.2) is 14.4 Å². The molecule has 0 aliphatic carbocycles. The largest absolute Gasteiger partial charge is 0.507 e. The lowest BCUT2D eigenvalue weighted by molar-refractivity contribution is -0.152. The Hall–Kier alpha value is -9.48. The molecule has 0 bridgehead atoms. The molecule has 8 heterocycles. The van der Waals surface area contributed by atoms with Crippen LogP contribution in [0.5, 0.6) is 34.5 Å². The molecule has 2 saturated heterocycles. The second-order valence-electron chi connectivity index (χ2n) is 33.1. The summed E-state index contributed by atoms with van der Waals surface area (Å²) in [5, 5.41) is 42.0. The number of aromatic hydroxyl groups is 1. The summed E-state index contributed by atoms with van der Waals surface area (Å²) in [6.07, 6.45) is 43.7. The number of ketones is 2. The van der Waals surface area contributed by atoms with Crippen molar-refractivity contribution in [3.05, 3.63) is 161 Å². The number of hydrogen-bond donors (Lipinski definition) is 4. The van der Waals surface area contributed by atoms with E-state index in [4.69, 9.17) is 66.3 Å². The van der Waals surface area contributed by atoms with Crippen LogP contribution in [0.25, 0.3) is 18.2 Å². The number of cyclic esters (lactones) is 3. The average molecular weight is 1710 g/mol. The molecule has 123 heavy (non-hydrogen) atoms. The highest BCUT2D eigenvalue weighted by Crippen LogP contribution is 2.39. The number of phenolic OH excluding ortho intramolecular Hbond substituents is 1. The van der Waals surface area contributed by atoms with E-state index in [-0.39, 0.29) is 66.5 Å². The van der Waals surface area contributed by atoms with Gasteiger partial charge in [0.15, 0.2) is 36.7 Å². The summed E-state index contributed by atoms with van der Waals surface area (Å²) >= 11 is 0. The van der Waals surface area contributed by atoms with Crippen molar-refractivity contribution in [2.75, 3.05) is 47.6 Å². The van der Waals surface area contributed by atoms with Crippen LogP contribution in [-0.4, -0.2) is 187 Å². The number of nitrogens with zero attached hydrogens (tertiary/aromatic N) is 3. The molecule has 3 aromatic rings. The van der Waals surface area contributed by atoms with Gasteiger partial charge in [0.05, 0.1) is 38.1 Å². The van der Waals surface area contributed by atoms with Gasteiger partial charge >= 0.3 is 17.9 Å². The second-order valence-corrected chi connectivity index (χ2v) is 33.1. The van der Waals surface area contributed by atoms with Crippen molar-refractivity contribution >= 4 is 64.8 Å². The van der Waals surface area contributed by atoms with Crippen LogP contribution in [0.3, 0.4) is 0 Å². The Labute approximate surface area is 724 Å². The number of rotatable bonds is 30. The highest BCUT2D eigenvalue weighted by atomic mass is 16.8. The zero-order valence-corrected chi connectivity index (χ0v) is 73.6. The SMILES string of the molecule is COCOc1cc(OCCCCCCC2=NC=CC2)cc2c1C(=O)O[C@@H](C)[C@H](C)/C=C\C(=O)[C@H]1OC(C)(C)O[C@H]1C/C=C/2.COCOc1cc(OCCCCCCC2=NC=CC2)cc2c1C(=O)O[C@@H](C)[C@H](C)/C=C\C(O)[C@H]1OC(C)(C)O[C@H]1C/C=C/2.C[C@@H]1/C=C\C(=O)[C@@H](O)[C@@H](O)C/C=C/c2cc(OCCCCCCC3=NC=CC3)cc(O)c2C(=O)O[C@H]1C. The lowest BCUT2D eigenvalue weighted by Gasteiger charge is -2.23. The lowest BCUT2D eigenvalue weighted by Crippen LogP contribution is -2.34. The molecule has 3 aromatic carbocycles. The van der Waals surface area contributed by atoms with Crippen molar-refractivity contribution < 1.29 is 111 Å². The topological polar surface area (TPSA) is 333 Å². The number of phenols is 1. The van der Waals surface area contributed by atoms with Gasteiger partial charge in [-0.2, -0.15) is 0 Å². The second kappa shape index (κ2) is 49.3. The molecule has 0 amide bonds. The first-order chi connectivity index (χ1) is 59.1. The molecule has 2 fully saturated rings. The molecule has 26 heteroatoms. The molecular formula is C97H129N3O23. The molecule has 670 valence electrons. The third-order valence-corrected chi connectivity index (χ3v) is 22.2. The Morgan fingerprint density at radius 2 is 0.805 bits per heavy atom. The predicted molar refractivity (Wildman–Crippen MR) is 471 cm³/mol. The molecule has 4 N–H and O–H groups in total. The van der Waals surface area contributed by atoms with Crippen LogP contribution in [0.4, 0.5) is 0 Å². The van der Waals surface area contributed by atoms with E-state index >= 15 is 0 Å². The Kier molecular flexibility index (Phi) is 39.0. The normalized spacial score (nSPS) is 27.0. The fourth-order valence-corrected chi connectivity index (χ4v) is 14.7. The molecule has 0 saturated carbocycles. The first-order valence-corrected chi connectivity index (χ1v) is 43.6. The van der Waals surface area contributed by atoms with Crippen molar-refractivity contribution in [1.29, 1.82) is 0 Å². The highest BCUT2D eigenvalue weighted by Gasteiger charge is 2.45. The first kappa shape index (κ1) is 97.3. The van der Waals surface area contributed by atoms with E-state index in [9.17, 15) is 44.4 Å². The maximum Gasteiger partial charge on any atom is 0.342 e. The van der Waals surface area contributed by atoms with Crippen molar-refractivity contribution in [3.8, 4) is 34.5 Å². The summed E-state index contributed by atoms with van der Waals surface area (Å²) in [6, 6.07) is 10.1. The number of carbonyl (C=O) groups is 5. The Bertz CT molecular complexity index is 4390. The Morgan fingerprint density at radius 3 is 1.25 bits per heavy atom. The quantitative estimate of drug-likeness (QED) is 0.0158. The number of allylic oxidation sites excluding steroid dienone is 3. The molecule has 0 aromatic heterocycles. The monoisotopic (exact) mass is 1700 g/mol. The highest BCUT2D eigenvalue weighted by molar-refractivity contribution is 6.00.